The van der Waals surface area contributed by atoms with Crippen LogP contribution >= 0.6 is 0 Å². The molecule has 0 aliphatic carbocycles. The van der Waals surface area contributed by atoms with Crippen LogP contribution in [-0.2, 0) is 11.2 Å². The molecule has 1 heterocycles. The zero-order valence-corrected chi connectivity index (χ0v) is 10.1. The summed E-state index contributed by atoms with van der Waals surface area (Å²) in [7, 11) is 2.10. The summed E-state index contributed by atoms with van der Waals surface area (Å²) in [5.74, 6) is 0.380. The first-order valence-electron chi connectivity index (χ1n) is 5.90. The highest BCUT2D eigenvalue weighted by atomic mass is 16.1. The van der Waals surface area contributed by atoms with E-state index in [9.17, 15) is 4.79 Å². The second kappa shape index (κ2) is 5.04. The van der Waals surface area contributed by atoms with Crippen LogP contribution in [0.2, 0.25) is 0 Å². The molecule has 2 rings (SSSR count). The van der Waals surface area contributed by atoms with Crippen molar-refractivity contribution in [2.45, 2.75) is 6.42 Å². The van der Waals surface area contributed by atoms with E-state index in [4.69, 9.17) is 0 Å². The van der Waals surface area contributed by atoms with Crippen LogP contribution in [0.3, 0.4) is 0 Å². The Morgan fingerprint density at radius 2 is 2.35 bits per heavy atom. The van der Waals surface area contributed by atoms with E-state index < -0.39 is 0 Å². The van der Waals surface area contributed by atoms with Gasteiger partial charge in [0.25, 0.3) is 0 Å². The van der Waals surface area contributed by atoms with Gasteiger partial charge in [-0.05, 0) is 30.0 Å². The fourth-order valence-corrected chi connectivity index (χ4v) is 2.37. The van der Waals surface area contributed by atoms with Crippen LogP contribution in [0.15, 0.2) is 36.9 Å². The van der Waals surface area contributed by atoms with Gasteiger partial charge in [-0.2, -0.15) is 0 Å². The maximum Gasteiger partial charge on any atom is 0.243 e. The summed E-state index contributed by atoms with van der Waals surface area (Å²) >= 11 is 0. The van der Waals surface area contributed by atoms with Gasteiger partial charge in [0.05, 0.1) is 0 Å². The van der Waals surface area contributed by atoms with Gasteiger partial charge < -0.3 is 10.2 Å². The molecule has 0 saturated carbocycles. The lowest BCUT2D eigenvalue weighted by molar-refractivity contribution is -0.116. The molecule has 1 amide bonds. The molecule has 0 aromatic heterocycles. The molecule has 1 aromatic carbocycles. The average Bonchev–Trinajstić information content (AvgIpc) is 2.36. The van der Waals surface area contributed by atoms with Crippen molar-refractivity contribution in [1.82, 2.24) is 5.32 Å². The largest absolute Gasteiger partial charge is 0.374 e. The molecule has 0 saturated heterocycles. The lowest BCUT2D eigenvalue weighted by Crippen LogP contribution is -2.39. The van der Waals surface area contributed by atoms with Crippen LogP contribution in [0.5, 0.6) is 0 Å². The first-order valence-corrected chi connectivity index (χ1v) is 5.90. The van der Waals surface area contributed by atoms with E-state index in [1.165, 1.54) is 17.3 Å². The molecule has 0 fully saturated rings. The van der Waals surface area contributed by atoms with Gasteiger partial charge in [-0.15, -0.1) is 0 Å². The van der Waals surface area contributed by atoms with Gasteiger partial charge in [0.2, 0.25) is 5.91 Å². The third kappa shape index (κ3) is 2.67. The molecule has 90 valence electrons. The number of carbonyl (C=O) groups excluding carboxylic acids is 1. The van der Waals surface area contributed by atoms with Crippen LogP contribution in [0.25, 0.3) is 0 Å². The van der Waals surface area contributed by atoms with Crippen molar-refractivity contribution in [3.8, 4) is 0 Å². The third-order valence-electron chi connectivity index (χ3n) is 3.19. The Kier molecular flexibility index (Phi) is 3.47. The van der Waals surface area contributed by atoms with Gasteiger partial charge in [0.1, 0.15) is 0 Å². The van der Waals surface area contributed by atoms with Gasteiger partial charge in [-0.1, -0.05) is 24.8 Å². The summed E-state index contributed by atoms with van der Waals surface area (Å²) in [5, 5.41) is 2.87. The second-order valence-electron chi connectivity index (χ2n) is 4.53. The van der Waals surface area contributed by atoms with Gasteiger partial charge in [0, 0.05) is 25.8 Å². The molecular formula is C14H18N2O. The number of amides is 1. The predicted molar refractivity (Wildman–Crippen MR) is 70.1 cm³/mol. The minimum Gasteiger partial charge on any atom is -0.374 e. The Hall–Kier alpha value is -1.77. The summed E-state index contributed by atoms with van der Waals surface area (Å²) in [6.45, 7) is 5.15. The molecule has 0 spiro atoms. The molecule has 3 heteroatoms. The number of hydrogen-bond acceptors (Lipinski definition) is 2. The van der Waals surface area contributed by atoms with E-state index in [-0.39, 0.29) is 5.91 Å². The average molecular weight is 230 g/mol. The Balaban J connectivity index is 2.01. The Morgan fingerprint density at radius 1 is 1.59 bits per heavy atom. The number of rotatable bonds is 3. The minimum atomic E-state index is -0.0912. The van der Waals surface area contributed by atoms with Gasteiger partial charge in [-0.3, -0.25) is 4.79 Å². The predicted octanol–water partition coefficient (Wildman–Crippen LogP) is 1.60. The summed E-state index contributed by atoms with van der Waals surface area (Å²) in [5.41, 5.74) is 2.66. The summed E-state index contributed by atoms with van der Waals surface area (Å²) in [6, 6.07) is 8.44. The SMILES string of the molecule is C=CC(=O)NCC1Cc2ccccc2N(C)C1. The van der Waals surface area contributed by atoms with Crippen LogP contribution in [0.1, 0.15) is 5.56 Å². The van der Waals surface area contributed by atoms with Gasteiger partial charge in [-0.25, -0.2) is 0 Å². The summed E-state index contributed by atoms with van der Waals surface area (Å²) in [4.78, 5) is 13.4. The van der Waals surface area contributed by atoms with Crippen molar-refractivity contribution >= 4 is 11.6 Å². The minimum absolute atomic E-state index is 0.0912. The molecule has 0 bridgehead atoms. The van der Waals surface area contributed by atoms with Gasteiger partial charge >= 0.3 is 0 Å². The molecule has 3 nitrogen and oxygen atoms in total. The van der Waals surface area contributed by atoms with E-state index in [1.54, 1.807) is 0 Å². The fourth-order valence-electron chi connectivity index (χ4n) is 2.37. The summed E-state index contributed by atoms with van der Waals surface area (Å²) < 4.78 is 0. The van der Waals surface area contributed by atoms with Crippen molar-refractivity contribution < 1.29 is 4.79 Å². The Morgan fingerprint density at radius 3 is 3.12 bits per heavy atom. The molecule has 1 aromatic rings. The zero-order valence-electron chi connectivity index (χ0n) is 10.1. The quantitative estimate of drug-likeness (QED) is 0.800. The number of anilines is 1. The lowest BCUT2D eigenvalue weighted by Gasteiger charge is -2.33. The zero-order chi connectivity index (χ0) is 12.3. The van der Waals surface area contributed by atoms with E-state index in [2.05, 4.69) is 48.1 Å². The van der Waals surface area contributed by atoms with Crippen molar-refractivity contribution in [1.29, 1.82) is 0 Å². The first-order chi connectivity index (χ1) is 8.20. The Bertz CT molecular complexity index is 428. The lowest BCUT2D eigenvalue weighted by atomic mass is 9.93. The highest BCUT2D eigenvalue weighted by molar-refractivity contribution is 5.86. The Labute approximate surface area is 102 Å². The fraction of sp³-hybridized carbons (Fsp3) is 0.357. The van der Waals surface area contributed by atoms with E-state index in [0.717, 1.165) is 13.0 Å². The molecular weight excluding hydrogens is 212 g/mol. The van der Waals surface area contributed by atoms with Crippen LogP contribution in [0.4, 0.5) is 5.69 Å². The molecule has 17 heavy (non-hydrogen) atoms. The summed E-state index contributed by atoms with van der Waals surface area (Å²) in [6.07, 6.45) is 2.35. The smallest absolute Gasteiger partial charge is 0.243 e. The number of fused-ring (bicyclic) bond motifs is 1. The van der Waals surface area contributed by atoms with Crippen molar-refractivity contribution in [2.24, 2.45) is 5.92 Å². The maximum atomic E-state index is 11.1. The van der Waals surface area contributed by atoms with E-state index >= 15 is 0 Å². The first kappa shape index (κ1) is 11.7. The molecule has 1 unspecified atom stereocenters. The van der Waals surface area contributed by atoms with Crippen molar-refractivity contribution in [3.05, 3.63) is 42.5 Å². The normalized spacial score (nSPS) is 18.4. The molecule has 1 aliphatic heterocycles. The molecule has 0 radical (unpaired) electrons. The molecule has 1 aliphatic rings. The number of nitrogens with zero attached hydrogens (tertiary/aromatic N) is 1. The topological polar surface area (TPSA) is 32.3 Å². The third-order valence-corrected chi connectivity index (χ3v) is 3.19. The molecule has 1 N–H and O–H groups in total. The van der Waals surface area contributed by atoms with E-state index in [1.807, 2.05) is 0 Å². The monoisotopic (exact) mass is 230 g/mol. The number of hydrogen-bond donors (Lipinski definition) is 1. The van der Waals surface area contributed by atoms with Crippen molar-refractivity contribution in [2.75, 3.05) is 25.0 Å². The van der Waals surface area contributed by atoms with Crippen LogP contribution in [0, 0.1) is 5.92 Å². The second-order valence-corrected chi connectivity index (χ2v) is 4.53. The highest BCUT2D eigenvalue weighted by Crippen LogP contribution is 2.27. The maximum absolute atomic E-state index is 11.1. The number of carbonyl (C=O) groups is 1. The number of para-hydroxylation sites is 1. The van der Waals surface area contributed by atoms with Crippen molar-refractivity contribution in [3.63, 3.8) is 0 Å². The highest BCUT2D eigenvalue weighted by Gasteiger charge is 2.21. The standard InChI is InChI=1S/C14H18N2O/c1-3-14(17)15-9-11-8-12-6-4-5-7-13(12)16(2)10-11/h3-7,11H,1,8-10H2,2H3,(H,15,17). The molecule has 1 atom stereocenters. The van der Waals surface area contributed by atoms with Crippen LogP contribution in [-0.4, -0.2) is 26.0 Å². The van der Waals surface area contributed by atoms with Gasteiger partial charge in [0.15, 0.2) is 0 Å². The number of nitrogens with one attached hydrogen (secondary N) is 1. The van der Waals surface area contributed by atoms with Crippen LogP contribution < -0.4 is 10.2 Å². The van der Waals surface area contributed by atoms with E-state index in [0.29, 0.717) is 12.5 Å². The number of benzene rings is 1.